The van der Waals surface area contributed by atoms with Crippen LogP contribution in [0.4, 0.5) is 5.69 Å². The van der Waals surface area contributed by atoms with Crippen LogP contribution in [0.25, 0.3) is 0 Å². The van der Waals surface area contributed by atoms with E-state index in [2.05, 4.69) is 15.3 Å². The van der Waals surface area contributed by atoms with E-state index in [4.69, 9.17) is 14.2 Å². The third-order valence-electron chi connectivity index (χ3n) is 3.28. The fraction of sp³-hybridized carbons (Fsp3) is 0.105. The molecule has 3 rings (SSSR count). The molecule has 7 nitrogen and oxygen atoms in total. The summed E-state index contributed by atoms with van der Waals surface area (Å²) in [5.41, 5.74) is 0.449. The molecule has 1 aromatic heterocycles. The number of aromatic nitrogens is 2. The van der Waals surface area contributed by atoms with Crippen LogP contribution in [0.2, 0.25) is 0 Å². The molecule has 0 aliphatic carbocycles. The first-order valence-electron chi connectivity index (χ1n) is 7.84. The normalized spacial score (nSPS) is 10.0. The fourth-order valence-electron chi connectivity index (χ4n) is 2.06. The van der Waals surface area contributed by atoms with Gasteiger partial charge in [-0.05, 0) is 24.3 Å². The van der Waals surface area contributed by atoms with Gasteiger partial charge >= 0.3 is 6.01 Å². The van der Waals surface area contributed by atoms with Gasteiger partial charge in [-0.2, -0.15) is 0 Å². The Morgan fingerprint density at radius 3 is 2.38 bits per heavy atom. The van der Waals surface area contributed by atoms with Gasteiger partial charge in [0.05, 0.1) is 25.2 Å². The van der Waals surface area contributed by atoms with Crippen molar-refractivity contribution in [3.8, 4) is 23.3 Å². The predicted octanol–water partition coefficient (Wildman–Crippen LogP) is 3.30. The first-order chi connectivity index (χ1) is 12.7. The molecule has 0 atom stereocenters. The molecule has 1 heterocycles. The van der Waals surface area contributed by atoms with Gasteiger partial charge in [0.2, 0.25) is 0 Å². The van der Waals surface area contributed by atoms with Crippen LogP contribution in [0.3, 0.4) is 0 Å². The van der Waals surface area contributed by atoms with Crippen LogP contribution >= 0.6 is 0 Å². The summed E-state index contributed by atoms with van der Waals surface area (Å²) < 4.78 is 16.0. The van der Waals surface area contributed by atoms with E-state index in [-0.39, 0.29) is 18.5 Å². The minimum Gasteiger partial charge on any atom is -0.497 e. The maximum Gasteiger partial charge on any atom is 0.322 e. The lowest BCUT2D eigenvalue weighted by atomic mass is 10.3. The summed E-state index contributed by atoms with van der Waals surface area (Å²) in [4.78, 5) is 20.1. The molecule has 132 valence electrons. The number of anilines is 1. The summed E-state index contributed by atoms with van der Waals surface area (Å²) in [6, 6.07) is 16.4. The van der Waals surface area contributed by atoms with Crippen LogP contribution in [0, 0.1) is 0 Å². The Bertz CT molecular complexity index is 854. The van der Waals surface area contributed by atoms with Crippen LogP contribution in [-0.4, -0.2) is 29.6 Å². The molecule has 26 heavy (non-hydrogen) atoms. The van der Waals surface area contributed by atoms with Gasteiger partial charge in [0, 0.05) is 6.07 Å². The first kappa shape index (κ1) is 17.2. The molecule has 0 spiro atoms. The smallest absolute Gasteiger partial charge is 0.322 e. The van der Waals surface area contributed by atoms with Gasteiger partial charge in [-0.15, -0.1) is 0 Å². The summed E-state index contributed by atoms with van der Waals surface area (Å²) in [5.74, 6) is 1.51. The topological polar surface area (TPSA) is 82.6 Å². The molecule has 2 aromatic carbocycles. The molecule has 0 radical (unpaired) electrons. The monoisotopic (exact) mass is 351 g/mol. The predicted molar refractivity (Wildman–Crippen MR) is 95.7 cm³/mol. The Labute approximate surface area is 150 Å². The van der Waals surface area contributed by atoms with Gasteiger partial charge in [0.25, 0.3) is 5.91 Å². The zero-order chi connectivity index (χ0) is 18.2. The van der Waals surface area contributed by atoms with E-state index in [1.54, 1.807) is 43.5 Å². The molecular weight excluding hydrogens is 334 g/mol. The number of carbonyl (C=O) groups is 1. The van der Waals surface area contributed by atoms with Crippen molar-refractivity contribution in [1.82, 2.24) is 9.97 Å². The van der Waals surface area contributed by atoms with Crippen molar-refractivity contribution >= 4 is 11.6 Å². The average molecular weight is 351 g/mol. The zero-order valence-electron chi connectivity index (χ0n) is 14.1. The van der Waals surface area contributed by atoms with Crippen LogP contribution in [-0.2, 0) is 4.79 Å². The van der Waals surface area contributed by atoms with E-state index in [1.165, 1.54) is 12.4 Å². The second-order valence-corrected chi connectivity index (χ2v) is 5.19. The Kier molecular flexibility index (Phi) is 5.61. The van der Waals surface area contributed by atoms with Crippen LogP contribution in [0.15, 0.2) is 67.0 Å². The van der Waals surface area contributed by atoms with Gasteiger partial charge in [0.1, 0.15) is 17.2 Å². The molecule has 0 fully saturated rings. The molecule has 7 heteroatoms. The molecule has 0 unspecified atom stereocenters. The van der Waals surface area contributed by atoms with Crippen molar-refractivity contribution in [2.24, 2.45) is 0 Å². The van der Waals surface area contributed by atoms with Crippen molar-refractivity contribution in [2.45, 2.75) is 0 Å². The Balaban J connectivity index is 1.51. The number of benzene rings is 2. The largest absolute Gasteiger partial charge is 0.497 e. The number of nitrogens with one attached hydrogen (secondary N) is 1. The average Bonchev–Trinajstić information content (AvgIpc) is 2.69. The lowest BCUT2D eigenvalue weighted by Gasteiger charge is -2.08. The highest BCUT2D eigenvalue weighted by molar-refractivity contribution is 5.91. The molecule has 0 aliphatic heterocycles. The van der Waals surface area contributed by atoms with E-state index in [9.17, 15) is 4.79 Å². The van der Waals surface area contributed by atoms with Crippen LogP contribution in [0.5, 0.6) is 23.3 Å². The third kappa shape index (κ3) is 4.94. The van der Waals surface area contributed by atoms with Gasteiger partial charge in [-0.25, -0.2) is 9.97 Å². The molecule has 1 amide bonds. The highest BCUT2D eigenvalue weighted by Gasteiger charge is 2.06. The van der Waals surface area contributed by atoms with E-state index in [0.717, 1.165) is 0 Å². The number of hydrogen-bond donors (Lipinski definition) is 1. The second-order valence-electron chi connectivity index (χ2n) is 5.19. The summed E-state index contributed by atoms with van der Waals surface area (Å²) in [6.07, 6.45) is 2.93. The Hall–Kier alpha value is -3.61. The molecule has 0 saturated heterocycles. The number of hydrogen-bond acceptors (Lipinski definition) is 6. The van der Waals surface area contributed by atoms with Gasteiger partial charge in [0.15, 0.2) is 6.61 Å². The number of rotatable bonds is 7. The number of para-hydroxylation sites is 1. The zero-order valence-corrected chi connectivity index (χ0v) is 14.1. The Morgan fingerprint density at radius 2 is 1.65 bits per heavy atom. The van der Waals surface area contributed by atoms with Crippen molar-refractivity contribution in [2.75, 3.05) is 19.0 Å². The van der Waals surface area contributed by atoms with E-state index < -0.39 is 0 Å². The van der Waals surface area contributed by atoms with Crippen molar-refractivity contribution in [1.29, 1.82) is 0 Å². The first-order valence-corrected chi connectivity index (χ1v) is 7.84. The van der Waals surface area contributed by atoms with E-state index in [1.807, 2.05) is 18.2 Å². The van der Waals surface area contributed by atoms with Crippen molar-refractivity contribution in [3.63, 3.8) is 0 Å². The van der Waals surface area contributed by atoms with Crippen LogP contribution in [0.1, 0.15) is 0 Å². The summed E-state index contributed by atoms with van der Waals surface area (Å²) in [5, 5.41) is 2.66. The number of ether oxygens (including phenoxy) is 3. The fourth-order valence-corrected chi connectivity index (χ4v) is 2.06. The second kappa shape index (κ2) is 8.48. The number of methoxy groups -OCH3 is 1. The summed E-state index contributed by atoms with van der Waals surface area (Å²) in [7, 11) is 1.57. The molecule has 0 bridgehead atoms. The SMILES string of the molecule is COc1cccc(OCC(=O)Nc2cnc(Oc3ccccc3)nc2)c1. The van der Waals surface area contributed by atoms with E-state index >= 15 is 0 Å². The van der Waals surface area contributed by atoms with Gasteiger partial charge in [-0.1, -0.05) is 24.3 Å². The van der Waals surface area contributed by atoms with Crippen molar-refractivity contribution < 1.29 is 19.0 Å². The number of nitrogens with zero attached hydrogens (tertiary/aromatic N) is 2. The molecule has 1 N–H and O–H groups in total. The number of amides is 1. The minimum atomic E-state index is -0.326. The molecule has 0 saturated carbocycles. The van der Waals surface area contributed by atoms with Crippen molar-refractivity contribution in [3.05, 3.63) is 67.0 Å². The quantitative estimate of drug-likeness (QED) is 0.703. The van der Waals surface area contributed by atoms with E-state index in [0.29, 0.717) is 22.9 Å². The lowest BCUT2D eigenvalue weighted by molar-refractivity contribution is -0.118. The molecule has 3 aromatic rings. The maximum atomic E-state index is 12.0. The molecule has 0 aliphatic rings. The van der Waals surface area contributed by atoms with Crippen LogP contribution < -0.4 is 19.5 Å². The highest BCUT2D eigenvalue weighted by atomic mass is 16.5. The number of carbonyl (C=O) groups excluding carboxylic acids is 1. The Morgan fingerprint density at radius 1 is 0.962 bits per heavy atom. The standard InChI is InChI=1S/C19H17N3O4/c1-24-16-8-5-9-17(10-16)25-13-18(23)22-14-11-20-19(21-12-14)26-15-6-3-2-4-7-15/h2-12H,13H2,1H3,(H,22,23). The minimum absolute atomic E-state index is 0.143. The summed E-state index contributed by atoms with van der Waals surface area (Å²) >= 11 is 0. The van der Waals surface area contributed by atoms with Gasteiger partial charge in [-0.3, -0.25) is 4.79 Å². The van der Waals surface area contributed by atoms with Gasteiger partial charge < -0.3 is 19.5 Å². The molecular formula is C19H17N3O4. The summed E-state index contributed by atoms with van der Waals surface area (Å²) in [6.45, 7) is -0.143. The third-order valence-corrected chi connectivity index (χ3v) is 3.28. The lowest BCUT2D eigenvalue weighted by Crippen LogP contribution is -2.20. The maximum absolute atomic E-state index is 12.0. The highest BCUT2D eigenvalue weighted by Crippen LogP contribution is 2.19.